The van der Waals surface area contributed by atoms with Gasteiger partial charge < -0.3 is 16.4 Å². The number of urea groups is 1. The number of hydrogen-bond donors (Lipinski definition) is 3. The van der Waals surface area contributed by atoms with Gasteiger partial charge in [0.15, 0.2) is 0 Å². The third-order valence-corrected chi connectivity index (χ3v) is 4.10. The molecule has 2 aromatic rings. The van der Waals surface area contributed by atoms with Crippen LogP contribution in [0, 0.1) is 6.92 Å². The molecule has 106 valence electrons. The van der Waals surface area contributed by atoms with Gasteiger partial charge in [-0.3, -0.25) is 0 Å². The lowest BCUT2D eigenvalue weighted by Crippen LogP contribution is -2.28. The number of aryl methyl sites for hydroxylation is 1. The average molecular weight is 289 g/mol. The van der Waals surface area contributed by atoms with Crippen LogP contribution in [0.25, 0.3) is 0 Å². The van der Waals surface area contributed by atoms with Crippen LogP contribution in [0.4, 0.5) is 10.5 Å². The number of hydrogen-bond acceptors (Lipinski definition) is 3. The van der Waals surface area contributed by atoms with Crippen LogP contribution < -0.4 is 16.4 Å². The molecule has 0 bridgehead atoms. The molecule has 0 spiro atoms. The SMILES string of the molecule is Cc1ccsc1CNC(=O)Nc1ccc(C(C)N)cc1. The molecule has 4 nitrogen and oxygen atoms in total. The van der Waals surface area contributed by atoms with Gasteiger partial charge >= 0.3 is 6.03 Å². The number of carbonyl (C=O) groups excluding carboxylic acids is 1. The van der Waals surface area contributed by atoms with Crippen molar-refractivity contribution in [3.63, 3.8) is 0 Å². The summed E-state index contributed by atoms with van der Waals surface area (Å²) in [5.41, 5.74) is 8.79. The number of anilines is 1. The molecule has 1 heterocycles. The first-order valence-electron chi connectivity index (χ1n) is 6.49. The number of rotatable bonds is 4. The van der Waals surface area contributed by atoms with Crippen LogP contribution >= 0.6 is 11.3 Å². The highest BCUT2D eigenvalue weighted by Gasteiger charge is 2.05. The van der Waals surface area contributed by atoms with Gasteiger partial charge in [0, 0.05) is 16.6 Å². The molecule has 2 amide bonds. The van der Waals surface area contributed by atoms with E-state index in [1.165, 1.54) is 10.4 Å². The van der Waals surface area contributed by atoms with Gasteiger partial charge in [-0.15, -0.1) is 11.3 Å². The van der Waals surface area contributed by atoms with Crippen molar-refractivity contribution in [3.05, 3.63) is 51.7 Å². The number of amides is 2. The molecule has 0 saturated carbocycles. The topological polar surface area (TPSA) is 67.2 Å². The fourth-order valence-electron chi connectivity index (χ4n) is 1.79. The smallest absolute Gasteiger partial charge is 0.319 e. The Labute approximate surface area is 123 Å². The van der Waals surface area contributed by atoms with E-state index in [9.17, 15) is 4.79 Å². The number of nitrogens with one attached hydrogen (secondary N) is 2. The monoisotopic (exact) mass is 289 g/mol. The van der Waals surface area contributed by atoms with E-state index in [4.69, 9.17) is 5.73 Å². The molecule has 0 radical (unpaired) electrons. The maximum absolute atomic E-state index is 11.8. The van der Waals surface area contributed by atoms with Crippen molar-refractivity contribution in [2.45, 2.75) is 26.4 Å². The van der Waals surface area contributed by atoms with Crippen LogP contribution in [0.15, 0.2) is 35.7 Å². The Morgan fingerprint density at radius 1 is 1.30 bits per heavy atom. The largest absolute Gasteiger partial charge is 0.333 e. The summed E-state index contributed by atoms with van der Waals surface area (Å²) in [5, 5.41) is 7.68. The van der Waals surface area contributed by atoms with E-state index in [1.807, 2.05) is 49.6 Å². The lowest BCUT2D eigenvalue weighted by Gasteiger charge is -2.09. The summed E-state index contributed by atoms with van der Waals surface area (Å²) >= 11 is 1.65. The highest BCUT2D eigenvalue weighted by Crippen LogP contribution is 2.16. The molecule has 0 aliphatic heterocycles. The molecule has 1 atom stereocenters. The zero-order chi connectivity index (χ0) is 14.5. The summed E-state index contributed by atoms with van der Waals surface area (Å²) in [4.78, 5) is 13.0. The van der Waals surface area contributed by atoms with E-state index in [0.717, 1.165) is 11.3 Å². The van der Waals surface area contributed by atoms with Crippen molar-refractivity contribution in [2.75, 3.05) is 5.32 Å². The van der Waals surface area contributed by atoms with Crippen molar-refractivity contribution < 1.29 is 4.79 Å². The summed E-state index contributed by atoms with van der Waals surface area (Å²) in [6, 6.07) is 9.40. The number of thiophene rings is 1. The standard InChI is InChI=1S/C15H19N3OS/c1-10-7-8-20-14(10)9-17-15(19)18-13-5-3-12(4-6-13)11(2)16/h3-8,11H,9,16H2,1-2H3,(H2,17,18,19). The van der Waals surface area contributed by atoms with E-state index in [2.05, 4.69) is 10.6 Å². The zero-order valence-electron chi connectivity index (χ0n) is 11.6. The normalized spacial score (nSPS) is 11.9. The molecule has 0 aliphatic carbocycles. The molecule has 0 saturated heterocycles. The molecule has 1 unspecified atom stereocenters. The Balaban J connectivity index is 1.86. The van der Waals surface area contributed by atoms with Gasteiger partial charge in [0.05, 0.1) is 6.54 Å². The van der Waals surface area contributed by atoms with Crippen molar-refractivity contribution in [1.29, 1.82) is 0 Å². The summed E-state index contributed by atoms with van der Waals surface area (Å²) in [5.74, 6) is 0. The number of benzene rings is 1. The van der Waals surface area contributed by atoms with E-state index >= 15 is 0 Å². The predicted molar refractivity (Wildman–Crippen MR) is 84.0 cm³/mol. The molecule has 0 aliphatic rings. The molecular weight excluding hydrogens is 270 g/mol. The minimum absolute atomic E-state index is 0.000296. The van der Waals surface area contributed by atoms with Gasteiger partial charge in [0.1, 0.15) is 0 Å². The van der Waals surface area contributed by atoms with Crippen LogP contribution in [0.3, 0.4) is 0 Å². The Bertz CT molecular complexity index is 575. The van der Waals surface area contributed by atoms with E-state index in [-0.39, 0.29) is 12.1 Å². The Kier molecular flexibility index (Phi) is 4.76. The van der Waals surface area contributed by atoms with Crippen LogP contribution in [-0.2, 0) is 6.54 Å². The molecule has 5 heteroatoms. The fraction of sp³-hybridized carbons (Fsp3) is 0.267. The van der Waals surface area contributed by atoms with Gasteiger partial charge in [-0.1, -0.05) is 12.1 Å². The van der Waals surface area contributed by atoms with Gasteiger partial charge in [0.25, 0.3) is 0 Å². The highest BCUT2D eigenvalue weighted by atomic mass is 32.1. The molecule has 1 aromatic heterocycles. The predicted octanol–water partition coefficient (Wildman–Crippen LogP) is 3.40. The quantitative estimate of drug-likeness (QED) is 0.807. The van der Waals surface area contributed by atoms with Crippen molar-refractivity contribution in [3.8, 4) is 0 Å². The molecule has 2 rings (SSSR count). The van der Waals surface area contributed by atoms with Gasteiger partial charge in [-0.05, 0) is 48.6 Å². The maximum Gasteiger partial charge on any atom is 0.319 e. The van der Waals surface area contributed by atoms with E-state index in [1.54, 1.807) is 11.3 Å². The Morgan fingerprint density at radius 2 is 2.00 bits per heavy atom. The molecule has 1 aromatic carbocycles. The average Bonchev–Trinajstić information content (AvgIpc) is 2.82. The minimum atomic E-state index is -0.202. The highest BCUT2D eigenvalue weighted by molar-refractivity contribution is 7.10. The molecular formula is C15H19N3OS. The summed E-state index contributed by atoms with van der Waals surface area (Å²) in [7, 11) is 0. The van der Waals surface area contributed by atoms with Gasteiger partial charge in [0.2, 0.25) is 0 Å². The lowest BCUT2D eigenvalue weighted by molar-refractivity contribution is 0.252. The third kappa shape index (κ3) is 3.82. The molecule has 20 heavy (non-hydrogen) atoms. The maximum atomic E-state index is 11.8. The first-order chi connectivity index (χ1) is 9.56. The van der Waals surface area contributed by atoms with Crippen molar-refractivity contribution in [1.82, 2.24) is 5.32 Å². The van der Waals surface area contributed by atoms with Crippen molar-refractivity contribution >= 4 is 23.1 Å². The number of nitrogens with two attached hydrogens (primary N) is 1. The second-order valence-corrected chi connectivity index (χ2v) is 5.75. The number of carbonyl (C=O) groups is 1. The van der Waals surface area contributed by atoms with Crippen LogP contribution in [0.5, 0.6) is 0 Å². The summed E-state index contributed by atoms with van der Waals surface area (Å²) < 4.78 is 0. The fourth-order valence-corrected chi connectivity index (χ4v) is 2.64. The Morgan fingerprint density at radius 3 is 2.55 bits per heavy atom. The second-order valence-electron chi connectivity index (χ2n) is 4.75. The van der Waals surface area contributed by atoms with Crippen molar-refractivity contribution in [2.24, 2.45) is 5.73 Å². The molecule has 4 N–H and O–H groups in total. The van der Waals surface area contributed by atoms with E-state index in [0.29, 0.717) is 6.54 Å². The third-order valence-electron chi connectivity index (χ3n) is 3.07. The van der Waals surface area contributed by atoms with E-state index < -0.39 is 0 Å². The molecule has 0 fully saturated rings. The Hall–Kier alpha value is -1.85. The van der Waals surface area contributed by atoms with Gasteiger partial charge in [-0.2, -0.15) is 0 Å². The summed E-state index contributed by atoms with van der Waals surface area (Å²) in [6.07, 6.45) is 0. The summed E-state index contributed by atoms with van der Waals surface area (Å²) in [6.45, 7) is 4.52. The van der Waals surface area contributed by atoms with Crippen LogP contribution in [0.2, 0.25) is 0 Å². The van der Waals surface area contributed by atoms with Crippen LogP contribution in [0.1, 0.15) is 29.0 Å². The minimum Gasteiger partial charge on any atom is -0.333 e. The lowest BCUT2D eigenvalue weighted by atomic mass is 10.1. The zero-order valence-corrected chi connectivity index (χ0v) is 12.5. The second kappa shape index (κ2) is 6.54. The first kappa shape index (κ1) is 14.6. The first-order valence-corrected chi connectivity index (χ1v) is 7.37. The van der Waals surface area contributed by atoms with Gasteiger partial charge in [-0.25, -0.2) is 4.79 Å². The van der Waals surface area contributed by atoms with Crippen LogP contribution in [-0.4, -0.2) is 6.03 Å².